The number of aromatic carboxylic acids is 1. The summed E-state index contributed by atoms with van der Waals surface area (Å²) >= 11 is 12.1. The highest BCUT2D eigenvalue weighted by molar-refractivity contribution is 6.31. The Bertz CT molecular complexity index is 1130. The Hall–Kier alpha value is -2.64. The number of rotatable bonds is 5. The molecule has 1 aromatic heterocycles. The molecule has 0 saturated heterocycles. The maximum Gasteiger partial charge on any atom is 0.396 e. The molecule has 2 unspecified atom stereocenters. The highest BCUT2D eigenvalue weighted by atomic mass is 35.5. The number of carbonyl (C=O) groups is 1. The number of alkyl halides is 3. The first kappa shape index (κ1) is 23.0. The molecule has 3 rings (SSSR count). The fraction of sp³-hybridized carbons (Fsp3) is 0.182. The molecule has 1 heterocycles. The van der Waals surface area contributed by atoms with Gasteiger partial charge >= 0.3 is 12.1 Å². The van der Waals surface area contributed by atoms with Crippen molar-refractivity contribution in [3.63, 3.8) is 0 Å². The number of hydrogen-bond donors (Lipinski definition) is 1. The maximum absolute atomic E-state index is 14.0. The molecule has 0 amide bonds. The van der Waals surface area contributed by atoms with E-state index in [-0.39, 0.29) is 21.3 Å². The maximum atomic E-state index is 14.0. The van der Waals surface area contributed by atoms with Crippen molar-refractivity contribution in [3.05, 3.63) is 87.4 Å². The van der Waals surface area contributed by atoms with Crippen molar-refractivity contribution in [2.45, 2.75) is 24.9 Å². The topological polar surface area (TPSA) is 50.2 Å². The molecule has 0 radical (unpaired) electrons. The third-order valence-electron chi connectivity index (χ3n) is 4.99. The molecule has 0 aliphatic heterocycles. The lowest BCUT2D eigenvalue weighted by atomic mass is 9.82. The summed E-state index contributed by atoms with van der Waals surface area (Å²) in [6.45, 7) is 1.41. The number of carboxylic acids is 1. The van der Waals surface area contributed by atoms with Gasteiger partial charge in [-0.1, -0.05) is 48.3 Å². The van der Waals surface area contributed by atoms with Crippen LogP contribution in [0.1, 0.15) is 40.2 Å². The van der Waals surface area contributed by atoms with Gasteiger partial charge in [0.05, 0.1) is 11.5 Å². The number of halogens is 6. The van der Waals surface area contributed by atoms with Crippen molar-refractivity contribution in [1.82, 2.24) is 4.98 Å². The Morgan fingerprint density at radius 3 is 2.23 bits per heavy atom. The quantitative estimate of drug-likeness (QED) is 0.312. The molecular weight excluding hydrogens is 457 g/mol. The second-order valence-corrected chi connectivity index (χ2v) is 7.75. The zero-order valence-electron chi connectivity index (χ0n) is 15.9. The lowest BCUT2D eigenvalue weighted by Crippen LogP contribution is -2.26. The third-order valence-corrected chi connectivity index (χ3v) is 5.52. The second kappa shape index (κ2) is 8.85. The first-order chi connectivity index (χ1) is 14.5. The van der Waals surface area contributed by atoms with Gasteiger partial charge in [-0.05, 0) is 58.5 Å². The summed E-state index contributed by atoms with van der Waals surface area (Å²) < 4.78 is 55.7. The van der Waals surface area contributed by atoms with Crippen molar-refractivity contribution >= 4 is 29.2 Å². The second-order valence-electron chi connectivity index (χ2n) is 6.96. The molecule has 0 aliphatic carbocycles. The Morgan fingerprint density at radius 1 is 1.03 bits per heavy atom. The predicted molar refractivity (Wildman–Crippen MR) is 110 cm³/mol. The first-order valence-corrected chi connectivity index (χ1v) is 9.75. The van der Waals surface area contributed by atoms with Crippen molar-refractivity contribution in [1.29, 1.82) is 0 Å². The summed E-state index contributed by atoms with van der Waals surface area (Å²) in [6, 6.07) is 10.4. The van der Waals surface area contributed by atoms with E-state index >= 15 is 0 Å². The normalized spacial score (nSPS) is 13.6. The van der Waals surface area contributed by atoms with E-state index in [1.165, 1.54) is 49.5 Å². The van der Waals surface area contributed by atoms with E-state index in [0.717, 1.165) is 12.1 Å². The van der Waals surface area contributed by atoms with Crippen LogP contribution >= 0.6 is 23.2 Å². The fourth-order valence-corrected chi connectivity index (χ4v) is 4.03. The molecule has 3 aromatic rings. The molecule has 2 atom stereocenters. The van der Waals surface area contributed by atoms with Crippen LogP contribution in [0.4, 0.5) is 17.6 Å². The SMILES string of the molecule is CC(c1ccc(-c2ccc(C(=O)O)c(F)c2)cc1Cl)C(c1ccnc(Cl)c1)C(F)(F)F. The Balaban J connectivity index is 1.99. The van der Waals surface area contributed by atoms with Crippen molar-refractivity contribution < 1.29 is 27.5 Å². The van der Waals surface area contributed by atoms with Crippen LogP contribution in [-0.2, 0) is 0 Å². The molecule has 0 aliphatic rings. The summed E-state index contributed by atoms with van der Waals surface area (Å²) in [5.41, 5.74) is 0.517. The Morgan fingerprint density at radius 2 is 1.68 bits per heavy atom. The van der Waals surface area contributed by atoms with E-state index in [0.29, 0.717) is 11.1 Å². The van der Waals surface area contributed by atoms with Gasteiger partial charge in [-0.25, -0.2) is 14.2 Å². The highest BCUT2D eigenvalue weighted by Gasteiger charge is 2.45. The van der Waals surface area contributed by atoms with E-state index in [1.54, 1.807) is 0 Å². The van der Waals surface area contributed by atoms with Gasteiger partial charge in [0, 0.05) is 11.2 Å². The van der Waals surface area contributed by atoms with Gasteiger partial charge in [0.25, 0.3) is 0 Å². The van der Waals surface area contributed by atoms with E-state index < -0.39 is 35.4 Å². The number of carboxylic acid groups (broad SMARTS) is 1. The first-order valence-electron chi connectivity index (χ1n) is 9.00. The van der Waals surface area contributed by atoms with Gasteiger partial charge in [0.1, 0.15) is 11.0 Å². The molecule has 3 nitrogen and oxygen atoms in total. The number of pyridine rings is 1. The lowest BCUT2D eigenvalue weighted by molar-refractivity contribution is -0.154. The predicted octanol–water partition coefficient (Wildman–Crippen LogP) is 7.34. The number of aromatic nitrogens is 1. The number of benzene rings is 2. The van der Waals surface area contributed by atoms with Crippen LogP contribution in [0, 0.1) is 5.82 Å². The van der Waals surface area contributed by atoms with E-state index in [2.05, 4.69) is 4.98 Å². The minimum Gasteiger partial charge on any atom is -0.478 e. The van der Waals surface area contributed by atoms with Gasteiger partial charge in [0.15, 0.2) is 0 Å². The largest absolute Gasteiger partial charge is 0.478 e. The van der Waals surface area contributed by atoms with E-state index in [4.69, 9.17) is 28.3 Å². The smallest absolute Gasteiger partial charge is 0.396 e. The fourth-order valence-electron chi connectivity index (χ4n) is 3.50. The van der Waals surface area contributed by atoms with Crippen molar-refractivity contribution in [2.75, 3.05) is 0 Å². The molecule has 0 fully saturated rings. The Labute approximate surface area is 185 Å². The zero-order valence-corrected chi connectivity index (χ0v) is 17.4. The summed E-state index contributed by atoms with van der Waals surface area (Å²) in [5, 5.41) is 8.95. The van der Waals surface area contributed by atoms with Crippen LogP contribution in [0.25, 0.3) is 11.1 Å². The van der Waals surface area contributed by atoms with Gasteiger partial charge in [-0.15, -0.1) is 0 Å². The summed E-state index contributed by atoms with van der Waals surface area (Å²) in [7, 11) is 0. The van der Waals surface area contributed by atoms with Gasteiger partial charge < -0.3 is 5.11 Å². The minimum atomic E-state index is -4.57. The van der Waals surface area contributed by atoms with Gasteiger partial charge in [-0.3, -0.25) is 0 Å². The van der Waals surface area contributed by atoms with Crippen LogP contribution in [0.2, 0.25) is 10.2 Å². The minimum absolute atomic E-state index is 0.0357. The monoisotopic (exact) mass is 471 g/mol. The summed E-state index contributed by atoms with van der Waals surface area (Å²) in [4.78, 5) is 14.7. The van der Waals surface area contributed by atoms with Crippen LogP contribution in [0.5, 0.6) is 0 Å². The molecule has 162 valence electrons. The number of hydrogen-bond acceptors (Lipinski definition) is 2. The third kappa shape index (κ3) is 4.99. The molecule has 31 heavy (non-hydrogen) atoms. The van der Waals surface area contributed by atoms with Crippen molar-refractivity contribution in [2.24, 2.45) is 0 Å². The standard InChI is InChI=1S/C22H15Cl2F4NO2/c1-11(20(22(26,27)28)14-6-7-29-19(24)10-14)15-4-2-12(8-17(15)23)13-3-5-16(21(30)31)18(25)9-13/h2-11,20H,1H3,(H,30,31). The molecular formula is C22H15Cl2F4NO2. The molecule has 9 heteroatoms. The van der Waals surface area contributed by atoms with Crippen LogP contribution in [0.15, 0.2) is 54.7 Å². The Kier molecular flexibility index (Phi) is 6.57. The molecule has 0 saturated carbocycles. The molecule has 1 N–H and O–H groups in total. The van der Waals surface area contributed by atoms with E-state index in [9.17, 15) is 22.4 Å². The van der Waals surface area contributed by atoms with Gasteiger partial charge in [-0.2, -0.15) is 13.2 Å². The summed E-state index contributed by atoms with van der Waals surface area (Å²) in [5.74, 6) is -5.25. The van der Waals surface area contributed by atoms with E-state index in [1.807, 2.05) is 0 Å². The molecule has 2 aromatic carbocycles. The average molecular weight is 472 g/mol. The van der Waals surface area contributed by atoms with Gasteiger partial charge in [0.2, 0.25) is 0 Å². The molecule has 0 spiro atoms. The van der Waals surface area contributed by atoms with Crippen LogP contribution in [-0.4, -0.2) is 22.2 Å². The highest BCUT2D eigenvalue weighted by Crippen LogP contribution is 2.46. The number of nitrogens with zero attached hydrogens (tertiary/aromatic N) is 1. The van der Waals surface area contributed by atoms with Crippen LogP contribution in [0.3, 0.4) is 0 Å². The molecule has 0 bridgehead atoms. The summed E-state index contributed by atoms with van der Waals surface area (Å²) in [6.07, 6.45) is -3.36. The zero-order chi connectivity index (χ0) is 22.9. The van der Waals surface area contributed by atoms with Crippen molar-refractivity contribution in [3.8, 4) is 11.1 Å². The van der Waals surface area contributed by atoms with Crippen LogP contribution < -0.4 is 0 Å². The lowest BCUT2D eigenvalue weighted by Gasteiger charge is -2.28. The average Bonchev–Trinajstić information content (AvgIpc) is 2.66.